The van der Waals surface area contributed by atoms with Crippen molar-refractivity contribution in [2.24, 2.45) is 0 Å². The number of aromatic nitrogens is 3. The van der Waals surface area contributed by atoms with Gasteiger partial charge in [-0.05, 0) is 6.07 Å². The van der Waals surface area contributed by atoms with Crippen molar-refractivity contribution in [3.63, 3.8) is 0 Å². The molecule has 0 bridgehead atoms. The highest BCUT2D eigenvalue weighted by Crippen LogP contribution is 2.16. The van der Waals surface area contributed by atoms with Gasteiger partial charge >= 0.3 is 5.97 Å². The Hall–Kier alpha value is -2.37. The predicted molar refractivity (Wildman–Crippen MR) is 62.6 cm³/mol. The fourth-order valence-electron chi connectivity index (χ4n) is 1.35. The first kappa shape index (κ1) is 11.1. The lowest BCUT2D eigenvalue weighted by Gasteiger charge is -2.03. The zero-order chi connectivity index (χ0) is 12.1. The van der Waals surface area contributed by atoms with E-state index >= 15 is 0 Å². The average molecular weight is 232 g/mol. The molecule has 0 unspecified atom stereocenters. The summed E-state index contributed by atoms with van der Waals surface area (Å²) in [5.41, 5.74) is 1.93. The summed E-state index contributed by atoms with van der Waals surface area (Å²) in [6, 6.07) is 1.93. The molecule has 0 aliphatic rings. The van der Waals surface area contributed by atoms with Gasteiger partial charge in [-0.3, -0.25) is 4.79 Å². The van der Waals surface area contributed by atoms with Crippen LogP contribution in [0.2, 0.25) is 0 Å². The second kappa shape index (κ2) is 5.11. The number of hydrogen-bond acceptors (Lipinski definition) is 4. The maximum absolute atomic E-state index is 10.3. The fraction of sp³-hybridized carbons (Fsp3) is 0.182. The molecule has 6 nitrogen and oxygen atoms in total. The molecule has 3 N–H and O–H groups in total. The Morgan fingerprint density at radius 1 is 1.35 bits per heavy atom. The zero-order valence-electron chi connectivity index (χ0n) is 9.05. The van der Waals surface area contributed by atoms with Crippen LogP contribution in [0.1, 0.15) is 6.42 Å². The Balaban J connectivity index is 1.96. The van der Waals surface area contributed by atoms with Crippen LogP contribution < -0.4 is 5.32 Å². The van der Waals surface area contributed by atoms with Gasteiger partial charge in [0, 0.05) is 42.5 Å². The van der Waals surface area contributed by atoms with E-state index in [0.29, 0.717) is 12.5 Å². The van der Waals surface area contributed by atoms with Gasteiger partial charge in [0.25, 0.3) is 0 Å². The van der Waals surface area contributed by atoms with Crippen molar-refractivity contribution in [1.82, 2.24) is 15.0 Å². The Labute approximate surface area is 97.7 Å². The molecule has 2 aromatic rings. The lowest BCUT2D eigenvalue weighted by molar-refractivity contribution is -0.136. The van der Waals surface area contributed by atoms with E-state index < -0.39 is 5.97 Å². The summed E-state index contributed by atoms with van der Waals surface area (Å²) in [5.74, 6) is -0.410. The molecule has 2 aromatic heterocycles. The minimum absolute atomic E-state index is 0.0446. The second-order valence-corrected chi connectivity index (χ2v) is 3.47. The summed E-state index contributed by atoms with van der Waals surface area (Å²) in [6.45, 7) is 0.318. The minimum Gasteiger partial charge on any atom is -0.481 e. The predicted octanol–water partition coefficient (Wildman–Crippen LogP) is 1.36. The average Bonchev–Trinajstić information content (AvgIpc) is 2.83. The summed E-state index contributed by atoms with van der Waals surface area (Å²) >= 11 is 0. The first-order valence-electron chi connectivity index (χ1n) is 5.16. The van der Waals surface area contributed by atoms with Crippen molar-refractivity contribution in [3.05, 3.63) is 30.9 Å². The summed E-state index contributed by atoms with van der Waals surface area (Å²) in [7, 11) is 0. The molecule has 88 valence electrons. The summed E-state index contributed by atoms with van der Waals surface area (Å²) in [5, 5.41) is 11.3. The third-order valence-electron chi connectivity index (χ3n) is 2.21. The third-order valence-corrected chi connectivity index (χ3v) is 2.21. The summed E-state index contributed by atoms with van der Waals surface area (Å²) < 4.78 is 0. The highest BCUT2D eigenvalue weighted by Gasteiger charge is 2.01. The van der Waals surface area contributed by atoms with Crippen LogP contribution in [-0.4, -0.2) is 32.6 Å². The SMILES string of the molecule is O=C(O)CCNc1ncc(-c2cc[nH]c2)cn1. The van der Waals surface area contributed by atoms with E-state index in [9.17, 15) is 4.79 Å². The Morgan fingerprint density at radius 2 is 2.12 bits per heavy atom. The molecule has 0 saturated carbocycles. The standard InChI is InChI=1S/C11H12N4O2/c16-10(17)2-4-13-11-14-6-9(7-15-11)8-1-3-12-5-8/h1,3,5-7,12H,2,4H2,(H,16,17)(H,13,14,15). The van der Waals surface area contributed by atoms with E-state index in [-0.39, 0.29) is 6.42 Å². The first-order valence-corrected chi connectivity index (χ1v) is 5.16. The van der Waals surface area contributed by atoms with E-state index in [1.165, 1.54) is 0 Å². The summed E-state index contributed by atoms with van der Waals surface area (Å²) in [4.78, 5) is 21.5. The maximum atomic E-state index is 10.3. The molecule has 0 aliphatic carbocycles. The first-order chi connectivity index (χ1) is 8.25. The number of H-pyrrole nitrogens is 1. The van der Waals surface area contributed by atoms with Crippen molar-refractivity contribution in [2.45, 2.75) is 6.42 Å². The fourth-order valence-corrected chi connectivity index (χ4v) is 1.35. The molecule has 0 spiro atoms. The molecule has 0 saturated heterocycles. The van der Waals surface area contributed by atoms with Gasteiger partial charge in [0.2, 0.25) is 5.95 Å². The highest BCUT2D eigenvalue weighted by molar-refractivity contribution is 5.67. The summed E-state index contributed by atoms with van der Waals surface area (Å²) in [6.07, 6.45) is 7.12. The molecule has 2 rings (SSSR count). The van der Waals surface area contributed by atoms with E-state index in [4.69, 9.17) is 5.11 Å². The van der Waals surface area contributed by atoms with E-state index in [0.717, 1.165) is 11.1 Å². The Morgan fingerprint density at radius 3 is 2.71 bits per heavy atom. The molecule has 0 atom stereocenters. The number of hydrogen-bond donors (Lipinski definition) is 3. The van der Waals surface area contributed by atoms with Crippen LogP contribution in [0.5, 0.6) is 0 Å². The number of anilines is 1. The van der Waals surface area contributed by atoms with Crippen LogP contribution in [0.3, 0.4) is 0 Å². The van der Waals surface area contributed by atoms with Gasteiger partial charge in [-0.2, -0.15) is 0 Å². The monoisotopic (exact) mass is 232 g/mol. The smallest absolute Gasteiger partial charge is 0.305 e. The van der Waals surface area contributed by atoms with Crippen molar-refractivity contribution in [3.8, 4) is 11.1 Å². The van der Waals surface area contributed by atoms with Gasteiger partial charge in [-0.15, -0.1) is 0 Å². The number of aliphatic carboxylic acids is 1. The molecule has 0 amide bonds. The van der Waals surface area contributed by atoms with Gasteiger partial charge in [0.05, 0.1) is 6.42 Å². The molecule has 0 radical (unpaired) electrons. The zero-order valence-corrected chi connectivity index (χ0v) is 9.05. The largest absolute Gasteiger partial charge is 0.481 e. The lowest BCUT2D eigenvalue weighted by Crippen LogP contribution is -2.09. The highest BCUT2D eigenvalue weighted by atomic mass is 16.4. The van der Waals surface area contributed by atoms with Crippen molar-refractivity contribution >= 4 is 11.9 Å². The van der Waals surface area contributed by atoms with Crippen LogP contribution in [0.15, 0.2) is 30.9 Å². The maximum Gasteiger partial charge on any atom is 0.305 e. The number of carbonyl (C=O) groups is 1. The van der Waals surface area contributed by atoms with Crippen LogP contribution in [0, 0.1) is 0 Å². The molecule has 0 aromatic carbocycles. The molecule has 17 heavy (non-hydrogen) atoms. The van der Waals surface area contributed by atoms with Crippen LogP contribution >= 0.6 is 0 Å². The van der Waals surface area contributed by atoms with Gasteiger partial charge < -0.3 is 15.4 Å². The Bertz CT molecular complexity index is 479. The normalized spacial score (nSPS) is 10.1. The molecule has 0 aliphatic heterocycles. The van der Waals surface area contributed by atoms with Crippen LogP contribution in [0.4, 0.5) is 5.95 Å². The van der Waals surface area contributed by atoms with Crippen molar-refractivity contribution < 1.29 is 9.90 Å². The Kier molecular flexibility index (Phi) is 3.34. The van der Waals surface area contributed by atoms with E-state index in [1.54, 1.807) is 12.4 Å². The topological polar surface area (TPSA) is 90.9 Å². The van der Waals surface area contributed by atoms with Crippen molar-refractivity contribution in [1.29, 1.82) is 0 Å². The number of carboxylic acids is 1. The van der Waals surface area contributed by atoms with Gasteiger partial charge in [-0.1, -0.05) is 0 Å². The van der Waals surface area contributed by atoms with Gasteiger partial charge in [0.1, 0.15) is 0 Å². The molecular formula is C11H12N4O2. The van der Waals surface area contributed by atoms with Crippen LogP contribution in [-0.2, 0) is 4.79 Å². The van der Waals surface area contributed by atoms with Crippen LogP contribution in [0.25, 0.3) is 11.1 Å². The number of rotatable bonds is 5. The van der Waals surface area contributed by atoms with E-state index in [1.807, 2.05) is 18.5 Å². The lowest BCUT2D eigenvalue weighted by atomic mass is 10.2. The molecule has 2 heterocycles. The van der Waals surface area contributed by atoms with E-state index in [2.05, 4.69) is 20.3 Å². The number of aromatic amines is 1. The van der Waals surface area contributed by atoms with Crippen molar-refractivity contribution in [2.75, 3.05) is 11.9 Å². The molecular weight excluding hydrogens is 220 g/mol. The third kappa shape index (κ3) is 3.04. The molecule has 6 heteroatoms. The minimum atomic E-state index is -0.846. The second-order valence-electron chi connectivity index (χ2n) is 3.47. The number of nitrogens with zero attached hydrogens (tertiary/aromatic N) is 2. The van der Waals surface area contributed by atoms with Gasteiger partial charge in [0.15, 0.2) is 0 Å². The quantitative estimate of drug-likeness (QED) is 0.724. The number of nitrogens with one attached hydrogen (secondary N) is 2. The van der Waals surface area contributed by atoms with Gasteiger partial charge in [-0.25, -0.2) is 9.97 Å². The molecule has 0 fully saturated rings. The number of carboxylic acid groups (broad SMARTS) is 1.